The molecule has 0 aliphatic carbocycles. The maximum atomic E-state index is 13.0. The number of aromatic amines is 1. The highest BCUT2D eigenvalue weighted by Crippen LogP contribution is 2.34. The molecule has 2 aromatic carbocycles. The van der Waals surface area contributed by atoms with Crippen LogP contribution in [0.15, 0.2) is 53.7 Å². The number of halogens is 3. The molecule has 11 heteroatoms. The first-order valence-electron chi connectivity index (χ1n) is 8.61. The lowest BCUT2D eigenvalue weighted by Crippen LogP contribution is -2.18. The fourth-order valence-electron chi connectivity index (χ4n) is 2.51. The standard InChI is InChI=1S/C19H16F3N5O2S/c1-11(28)23-13-8-6-12(7-9-13)17-25-18(27-26-17)30-10-16(29)24-15-5-3-2-4-14(15)19(20,21)22/h2-9H,10H2,1H3,(H,23,28)(H,24,29)(H,25,26,27). The maximum Gasteiger partial charge on any atom is 0.418 e. The van der Waals surface area contributed by atoms with Gasteiger partial charge in [-0.1, -0.05) is 23.9 Å². The number of carbonyl (C=O) groups is 2. The highest BCUT2D eigenvalue weighted by atomic mass is 32.2. The number of nitrogens with zero attached hydrogens (tertiary/aromatic N) is 2. The van der Waals surface area contributed by atoms with Crippen molar-refractivity contribution in [3.63, 3.8) is 0 Å². The van der Waals surface area contributed by atoms with Crippen LogP contribution < -0.4 is 10.6 Å². The fraction of sp³-hybridized carbons (Fsp3) is 0.158. The van der Waals surface area contributed by atoms with Crippen LogP contribution in [0.5, 0.6) is 0 Å². The predicted molar refractivity (Wildman–Crippen MR) is 107 cm³/mol. The smallest absolute Gasteiger partial charge is 0.326 e. The first-order valence-corrected chi connectivity index (χ1v) is 9.60. The summed E-state index contributed by atoms with van der Waals surface area (Å²) >= 11 is 0.984. The molecule has 3 N–H and O–H groups in total. The van der Waals surface area contributed by atoms with Gasteiger partial charge in [0.05, 0.1) is 17.0 Å². The lowest BCUT2D eigenvalue weighted by Gasteiger charge is -2.13. The Hall–Kier alpha value is -3.34. The zero-order valence-corrected chi connectivity index (χ0v) is 16.4. The Labute approximate surface area is 173 Å². The summed E-state index contributed by atoms with van der Waals surface area (Å²) in [5.74, 6) is -0.500. The second kappa shape index (κ2) is 8.99. The Morgan fingerprint density at radius 3 is 2.43 bits per heavy atom. The quantitative estimate of drug-likeness (QED) is 0.505. The van der Waals surface area contributed by atoms with Crippen molar-refractivity contribution in [2.45, 2.75) is 18.3 Å². The number of hydrogen-bond acceptors (Lipinski definition) is 5. The van der Waals surface area contributed by atoms with Gasteiger partial charge in [-0.15, -0.1) is 5.10 Å². The molecule has 0 fully saturated rings. The van der Waals surface area contributed by atoms with Gasteiger partial charge >= 0.3 is 6.18 Å². The summed E-state index contributed by atoms with van der Waals surface area (Å²) in [4.78, 5) is 27.4. The lowest BCUT2D eigenvalue weighted by molar-refractivity contribution is -0.137. The molecule has 0 bridgehead atoms. The number of alkyl halides is 3. The first kappa shape index (κ1) is 21.4. The Morgan fingerprint density at radius 1 is 1.07 bits per heavy atom. The summed E-state index contributed by atoms with van der Waals surface area (Å²) in [5.41, 5.74) is 0.139. The van der Waals surface area contributed by atoms with E-state index in [1.165, 1.54) is 25.1 Å². The summed E-state index contributed by atoms with van der Waals surface area (Å²) in [6.07, 6.45) is -4.56. The summed E-state index contributed by atoms with van der Waals surface area (Å²) in [6.45, 7) is 1.41. The number of para-hydroxylation sites is 1. The average molecular weight is 435 g/mol. The third kappa shape index (κ3) is 5.60. The topological polar surface area (TPSA) is 99.8 Å². The number of thioether (sulfide) groups is 1. The summed E-state index contributed by atoms with van der Waals surface area (Å²) < 4.78 is 39.0. The second-order valence-electron chi connectivity index (χ2n) is 6.11. The van der Waals surface area contributed by atoms with Crippen LogP contribution in [-0.4, -0.2) is 32.7 Å². The summed E-state index contributed by atoms with van der Waals surface area (Å²) in [7, 11) is 0. The zero-order chi connectivity index (χ0) is 21.7. The van der Waals surface area contributed by atoms with E-state index in [-0.39, 0.29) is 22.5 Å². The van der Waals surface area contributed by atoms with Crippen LogP contribution in [0.1, 0.15) is 12.5 Å². The number of rotatable bonds is 6. The SMILES string of the molecule is CC(=O)Nc1ccc(-c2nc(SCC(=O)Nc3ccccc3C(F)(F)F)n[nH]2)cc1. The highest BCUT2D eigenvalue weighted by Gasteiger charge is 2.33. The van der Waals surface area contributed by atoms with Crippen molar-refractivity contribution in [2.24, 2.45) is 0 Å². The first-order chi connectivity index (χ1) is 14.2. The van der Waals surface area contributed by atoms with Gasteiger partial charge in [-0.25, -0.2) is 4.98 Å². The maximum absolute atomic E-state index is 13.0. The Balaban J connectivity index is 1.59. The van der Waals surface area contributed by atoms with E-state index < -0.39 is 17.6 Å². The molecule has 3 aromatic rings. The zero-order valence-electron chi connectivity index (χ0n) is 15.6. The number of carbonyl (C=O) groups excluding carboxylic acids is 2. The van der Waals surface area contributed by atoms with Crippen molar-refractivity contribution in [3.8, 4) is 11.4 Å². The third-order valence-corrected chi connectivity index (χ3v) is 4.63. The van der Waals surface area contributed by atoms with E-state index in [1.54, 1.807) is 24.3 Å². The average Bonchev–Trinajstić information content (AvgIpc) is 3.15. The van der Waals surface area contributed by atoms with Crippen LogP contribution >= 0.6 is 11.8 Å². The predicted octanol–water partition coefficient (Wildman–Crippen LogP) is 4.18. The van der Waals surface area contributed by atoms with E-state index in [4.69, 9.17) is 0 Å². The number of nitrogens with one attached hydrogen (secondary N) is 3. The highest BCUT2D eigenvalue weighted by molar-refractivity contribution is 7.99. The fourth-order valence-corrected chi connectivity index (χ4v) is 3.11. The number of amides is 2. The Morgan fingerprint density at radius 2 is 1.77 bits per heavy atom. The van der Waals surface area contributed by atoms with E-state index in [0.717, 1.165) is 17.8 Å². The van der Waals surface area contributed by atoms with Gasteiger partial charge in [-0.05, 0) is 36.4 Å². The molecule has 0 saturated heterocycles. The van der Waals surface area contributed by atoms with Crippen molar-refractivity contribution in [1.29, 1.82) is 0 Å². The molecular formula is C19H16F3N5O2S. The monoisotopic (exact) mass is 435 g/mol. The molecule has 3 rings (SSSR count). The molecule has 0 saturated carbocycles. The van der Waals surface area contributed by atoms with E-state index in [1.807, 2.05) is 0 Å². The van der Waals surface area contributed by atoms with Crippen LogP contribution in [0, 0.1) is 0 Å². The third-order valence-electron chi connectivity index (χ3n) is 3.78. The van der Waals surface area contributed by atoms with E-state index in [0.29, 0.717) is 17.1 Å². The molecule has 0 atom stereocenters. The number of benzene rings is 2. The van der Waals surface area contributed by atoms with Crippen LogP contribution in [0.2, 0.25) is 0 Å². The number of hydrogen-bond donors (Lipinski definition) is 3. The molecule has 30 heavy (non-hydrogen) atoms. The molecule has 0 spiro atoms. The largest absolute Gasteiger partial charge is 0.418 e. The van der Waals surface area contributed by atoms with E-state index in [2.05, 4.69) is 25.8 Å². The van der Waals surface area contributed by atoms with Gasteiger partial charge in [-0.2, -0.15) is 13.2 Å². The minimum absolute atomic E-state index is 0.162. The molecule has 7 nitrogen and oxygen atoms in total. The van der Waals surface area contributed by atoms with Crippen LogP contribution in [0.25, 0.3) is 11.4 Å². The van der Waals surface area contributed by atoms with Crippen LogP contribution in [0.4, 0.5) is 24.5 Å². The molecule has 0 aliphatic rings. The normalized spacial score (nSPS) is 11.2. The van der Waals surface area contributed by atoms with E-state index >= 15 is 0 Å². The molecule has 0 radical (unpaired) electrons. The van der Waals surface area contributed by atoms with Crippen LogP contribution in [-0.2, 0) is 15.8 Å². The molecule has 1 aromatic heterocycles. The van der Waals surface area contributed by atoms with Crippen molar-refractivity contribution in [3.05, 3.63) is 54.1 Å². The molecule has 0 aliphatic heterocycles. The minimum Gasteiger partial charge on any atom is -0.326 e. The Bertz CT molecular complexity index is 1050. The van der Waals surface area contributed by atoms with Crippen LogP contribution in [0.3, 0.4) is 0 Å². The molecular weight excluding hydrogens is 419 g/mol. The van der Waals surface area contributed by atoms with Gasteiger partial charge in [0.1, 0.15) is 0 Å². The number of H-pyrrole nitrogens is 1. The van der Waals surface area contributed by atoms with Gasteiger partial charge in [0.2, 0.25) is 17.0 Å². The van der Waals surface area contributed by atoms with Crippen molar-refractivity contribution in [1.82, 2.24) is 15.2 Å². The van der Waals surface area contributed by atoms with Gasteiger partial charge in [0.15, 0.2) is 5.82 Å². The minimum atomic E-state index is -4.56. The van der Waals surface area contributed by atoms with E-state index in [9.17, 15) is 22.8 Å². The molecule has 0 unspecified atom stereocenters. The van der Waals surface area contributed by atoms with Gasteiger partial charge in [0, 0.05) is 18.2 Å². The van der Waals surface area contributed by atoms with Crippen molar-refractivity contribution >= 4 is 35.0 Å². The van der Waals surface area contributed by atoms with Gasteiger partial charge in [0.25, 0.3) is 0 Å². The van der Waals surface area contributed by atoms with Gasteiger partial charge in [-0.3, -0.25) is 14.7 Å². The Kier molecular flexibility index (Phi) is 6.40. The van der Waals surface area contributed by atoms with Crippen molar-refractivity contribution in [2.75, 3.05) is 16.4 Å². The lowest BCUT2D eigenvalue weighted by atomic mass is 10.1. The van der Waals surface area contributed by atoms with Crippen molar-refractivity contribution < 1.29 is 22.8 Å². The van der Waals surface area contributed by atoms with Gasteiger partial charge < -0.3 is 10.6 Å². The number of aromatic nitrogens is 3. The second-order valence-corrected chi connectivity index (χ2v) is 7.05. The molecule has 1 heterocycles. The summed E-state index contributed by atoms with van der Waals surface area (Å²) in [6, 6.07) is 11.7. The summed E-state index contributed by atoms with van der Waals surface area (Å²) in [5, 5.41) is 11.9. The number of anilines is 2. The molecule has 2 amide bonds. The molecule has 156 valence electrons.